The molecule has 0 spiro atoms. The number of rotatable bonds is 6. The lowest BCUT2D eigenvalue weighted by Crippen LogP contribution is -2.32. The van der Waals surface area contributed by atoms with E-state index in [1.807, 2.05) is 27.7 Å². The molecular formula is C16H28O4. The summed E-state index contributed by atoms with van der Waals surface area (Å²) in [4.78, 5) is 24.1. The van der Waals surface area contributed by atoms with E-state index in [1.54, 1.807) is 0 Å². The van der Waals surface area contributed by atoms with E-state index in [-0.39, 0.29) is 36.0 Å². The summed E-state index contributed by atoms with van der Waals surface area (Å²) in [5, 5.41) is 0. The van der Waals surface area contributed by atoms with Gasteiger partial charge in [0.25, 0.3) is 0 Å². The molecule has 0 bridgehead atoms. The van der Waals surface area contributed by atoms with Crippen LogP contribution in [0.15, 0.2) is 0 Å². The molecule has 116 valence electrons. The van der Waals surface area contributed by atoms with Crippen molar-refractivity contribution in [3.63, 3.8) is 0 Å². The Bertz CT molecular complexity index is 296. The quantitative estimate of drug-likeness (QED) is 0.701. The Morgan fingerprint density at radius 1 is 0.950 bits per heavy atom. The molecule has 1 rings (SSSR count). The lowest BCUT2D eigenvalue weighted by molar-refractivity contribution is -0.159. The second kappa shape index (κ2) is 8.28. The van der Waals surface area contributed by atoms with Crippen molar-refractivity contribution in [2.45, 2.75) is 78.4 Å². The summed E-state index contributed by atoms with van der Waals surface area (Å²) in [6.45, 7) is 7.78. The van der Waals surface area contributed by atoms with Crippen LogP contribution in [-0.2, 0) is 19.1 Å². The molecule has 4 heteroatoms. The second-order valence-corrected chi connectivity index (χ2v) is 5.87. The van der Waals surface area contributed by atoms with Crippen molar-refractivity contribution in [3.8, 4) is 0 Å². The fraction of sp³-hybridized carbons (Fsp3) is 0.875. The Morgan fingerprint density at radius 2 is 1.35 bits per heavy atom. The van der Waals surface area contributed by atoms with Crippen LogP contribution in [0, 0.1) is 11.8 Å². The Hall–Kier alpha value is -1.06. The molecular weight excluding hydrogens is 256 g/mol. The summed E-state index contributed by atoms with van der Waals surface area (Å²) in [7, 11) is 0. The standard InChI is InChI=1S/C16H28O4/c1-5-11(3)19-15(17)13-8-7-9-14(10-13)16(18)20-12(4)6-2/h11-14H,5-10H2,1-4H3. The van der Waals surface area contributed by atoms with Gasteiger partial charge in [0.1, 0.15) is 0 Å². The van der Waals surface area contributed by atoms with Crippen molar-refractivity contribution in [3.05, 3.63) is 0 Å². The van der Waals surface area contributed by atoms with Crippen molar-refractivity contribution >= 4 is 11.9 Å². The Labute approximate surface area is 122 Å². The smallest absolute Gasteiger partial charge is 0.309 e. The zero-order valence-electron chi connectivity index (χ0n) is 13.2. The minimum atomic E-state index is -0.152. The minimum absolute atomic E-state index is 0.0464. The van der Waals surface area contributed by atoms with E-state index in [2.05, 4.69) is 0 Å². The SMILES string of the molecule is CCC(C)OC(=O)C1CCCC(C(=O)OC(C)CC)C1. The molecule has 0 N–H and O–H groups in total. The average molecular weight is 284 g/mol. The van der Waals surface area contributed by atoms with Crippen molar-refractivity contribution in [2.24, 2.45) is 11.8 Å². The molecule has 0 saturated heterocycles. The third kappa shape index (κ3) is 5.14. The van der Waals surface area contributed by atoms with Crippen LogP contribution in [-0.4, -0.2) is 24.1 Å². The van der Waals surface area contributed by atoms with Gasteiger partial charge in [-0.25, -0.2) is 0 Å². The highest BCUT2D eigenvalue weighted by Gasteiger charge is 2.33. The number of ether oxygens (including phenoxy) is 2. The molecule has 20 heavy (non-hydrogen) atoms. The van der Waals surface area contributed by atoms with Gasteiger partial charge in [-0.2, -0.15) is 0 Å². The monoisotopic (exact) mass is 284 g/mol. The van der Waals surface area contributed by atoms with Crippen LogP contribution in [0.25, 0.3) is 0 Å². The van der Waals surface area contributed by atoms with Gasteiger partial charge < -0.3 is 9.47 Å². The summed E-state index contributed by atoms with van der Waals surface area (Å²) < 4.78 is 10.8. The Kier molecular flexibility index (Phi) is 7.03. The molecule has 0 heterocycles. The largest absolute Gasteiger partial charge is 0.462 e. The Morgan fingerprint density at radius 3 is 1.70 bits per heavy atom. The van der Waals surface area contributed by atoms with Crippen LogP contribution >= 0.6 is 0 Å². The highest BCUT2D eigenvalue weighted by molar-refractivity contribution is 5.76. The van der Waals surface area contributed by atoms with Crippen LogP contribution in [0.1, 0.15) is 66.2 Å². The first-order valence-corrected chi connectivity index (χ1v) is 7.88. The highest BCUT2D eigenvalue weighted by Crippen LogP contribution is 2.31. The van der Waals surface area contributed by atoms with Crippen LogP contribution in [0.2, 0.25) is 0 Å². The van der Waals surface area contributed by atoms with Crippen molar-refractivity contribution in [1.29, 1.82) is 0 Å². The molecule has 0 aromatic heterocycles. The van der Waals surface area contributed by atoms with E-state index in [9.17, 15) is 9.59 Å². The number of hydrogen-bond donors (Lipinski definition) is 0. The summed E-state index contributed by atoms with van der Waals surface area (Å²) in [5.74, 6) is -0.597. The van der Waals surface area contributed by atoms with E-state index < -0.39 is 0 Å². The first-order chi connectivity index (χ1) is 9.47. The van der Waals surface area contributed by atoms with Gasteiger partial charge in [-0.05, 0) is 46.0 Å². The summed E-state index contributed by atoms with van der Waals surface area (Å²) in [6, 6.07) is 0. The summed E-state index contributed by atoms with van der Waals surface area (Å²) in [5.41, 5.74) is 0. The maximum atomic E-state index is 12.0. The topological polar surface area (TPSA) is 52.6 Å². The first-order valence-electron chi connectivity index (χ1n) is 7.88. The molecule has 1 aliphatic carbocycles. The van der Waals surface area contributed by atoms with E-state index in [1.165, 1.54) is 0 Å². The molecule has 0 aliphatic heterocycles. The minimum Gasteiger partial charge on any atom is -0.462 e. The fourth-order valence-electron chi connectivity index (χ4n) is 2.37. The average Bonchev–Trinajstić information content (AvgIpc) is 2.46. The van der Waals surface area contributed by atoms with E-state index >= 15 is 0 Å². The molecule has 0 aromatic carbocycles. The maximum Gasteiger partial charge on any atom is 0.309 e. The van der Waals surface area contributed by atoms with Crippen molar-refractivity contribution in [2.75, 3.05) is 0 Å². The van der Waals surface area contributed by atoms with Gasteiger partial charge in [-0.1, -0.05) is 20.3 Å². The molecule has 0 radical (unpaired) electrons. The number of hydrogen-bond acceptors (Lipinski definition) is 4. The van der Waals surface area contributed by atoms with Crippen LogP contribution < -0.4 is 0 Å². The Balaban J connectivity index is 2.49. The number of esters is 2. The molecule has 1 fully saturated rings. The maximum absolute atomic E-state index is 12.0. The molecule has 0 aromatic rings. The van der Waals surface area contributed by atoms with Crippen molar-refractivity contribution in [1.82, 2.24) is 0 Å². The number of carbonyl (C=O) groups is 2. The molecule has 4 nitrogen and oxygen atoms in total. The van der Waals surface area contributed by atoms with Gasteiger partial charge in [-0.15, -0.1) is 0 Å². The van der Waals surface area contributed by atoms with Gasteiger partial charge in [0.2, 0.25) is 0 Å². The third-order valence-electron chi connectivity index (χ3n) is 4.13. The molecule has 0 amide bonds. The van der Waals surface area contributed by atoms with Gasteiger partial charge in [-0.3, -0.25) is 9.59 Å². The highest BCUT2D eigenvalue weighted by atomic mass is 16.5. The number of carbonyl (C=O) groups excluding carboxylic acids is 2. The van der Waals surface area contributed by atoms with E-state index in [0.717, 1.165) is 32.1 Å². The summed E-state index contributed by atoms with van der Waals surface area (Å²) >= 11 is 0. The van der Waals surface area contributed by atoms with Crippen LogP contribution in [0.3, 0.4) is 0 Å². The van der Waals surface area contributed by atoms with E-state index in [4.69, 9.17) is 9.47 Å². The van der Waals surface area contributed by atoms with Gasteiger partial charge >= 0.3 is 11.9 Å². The van der Waals surface area contributed by atoms with Crippen LogP contribution in [0.4, 0.5) is 0 Å². The molecule has 4 atom stereocenters. The van der Waals surface area contributed by atoms with Crippen LogP contribution in [0.5, 0.6) is 0 Å². The fourth-order valence-corrected chi connectivity index (χ4v) is 2.37. The summed E-state index contributed by atoms with van der Waals surface area (Å²) in [6.07, 6.45) is 4.65. The van der Waals surface area contributed by atoms with Gasteiger partial charge in [0, 0.05) is 0 Å². The van der Waals surface area contributed by atoms with Gasteiger partial charge in [0.05, 0.1) is 24.0 Å². The zero-order valence-corrected chi connectivity index (χ0v) is 13.2. The predicted octanol–water partition coefficient (Wildman–Crippen LogP) is 3.48. The molecule has 1 aliphatic rings. The molecule has 4 unspecified atom stereocenters. The lowest BCUT2D eigenvalue weighted by Gasteiger charge is -2.28. The predicted molar refractivity (Wildman–Crippen MR) is 77.1 cm³/mol. The second-order valence-electron chi connectivity index (χ2n) is 5.87. The van der Waals surface area contributed by atoms with Crippen molar-refractivity contribution < 1.29 is 19.1 Å². The first kappa shape index (κ1) is 17.0. The normalized spacial score (nSPS) is 25.6. The van der Waals surface area contributed by atoms with Gasteiger partial charge in [0.15, 0.2) is 0 Å². The lowest BCUT2D eigenvalue weighted by atomic mass is 9.81. The van der Waals surface area contributed by atoms with E-state index in [0.29, 0.717) is 6.42 Å². The third-order valence-corrected chi connectivity index (χ3v) is 4.13. The molecule has 1 saturated carbocycles. The zero-order chi connectivity index (χ0) is 15.1.